The minimum Gasteiger partial charge on any atom is -0.467 e. The minimum atomic E-state index is -0.117. The van der Waals surface area contributed by atoms with Crippen molar-refractivity contribution in [2.24, 2.45) is 4.99 Å². The molecule has 0 bridgehead atoms. The molecule has 0 atom stereocenters. The second kappa shape index (κ2) is 9.28. The van der Waals surface area contributed by atoms with Gasteiger partial charge in [0, 0.05) is 32.7 Å². The molecule has 1 saturated heterocycles. The molecule has 3 heterocycles. The van der Waals surface area contributed by atoms with Crippen molar-refractivity contribution in [1.29, 1.82) is 0 Å². The summed E-state index contributed by atoms with van der Waals surface area (Å²) in [5.74, 6) is 1.42. The van der Waals surface area contributed by atoms with E-state index in [0.717, 1.165) is 44.4 Å². The molecule has 26 heavy (non-hydrogen) atoms. The van der Waals surface area contributed by atoms with Gasteiger partial charge in [0.2, 0.25) is 5.91 Å². The van der Waals surface area contributed by atoms with Crippen LogP contribution in [0.1, 0.15) is 12.7 Å². The van der Waals surface area contributed by atoms with Crippen LogP contribution in [0.3, 0.4) is 0 Å². The lowest BCUT2D eigenvalue weighted by Gasteiger charge is -2.37. The molecule has 7 nitrogen and oxygen atoms in total. The quantitative estimate of drug-likeness (QED) is 0.594. The van der Waals surface area contributed by atoms with Crippen LogP contribution in [-0.2, 0) is 11.3 Å². The number of nitrogens with zero attached hydrogens (tertiary/aromatic N) is 3. The highest BCUT2D eigenvalue weighted by Crippen LogP contribution is 2.22. The number of aliphatic imine (C=N–C) groups is 1. The summed E-state index contributed by atoms with van der Waals surface area (Å²) in [4.78, 5) is 21.1. The maximum Gasteiger partial charge on any atom is 0.242 e. The molecule has 140 valence electrons. The molecule has 0 aliphatic carbocycles. The first kappa shape index (κ1) is 18.3. The van der Waals surface area contributed by atoms with Gasteiger partial charge in [-0.25, -0.2) is 4.99 Å². The normalized spacial score (nSPS) is 15.2. The van der Waals surface area contributed by atoms with Gasteiger partial charge in [-0.1, -0.05) is 0 Å². The number of thiophene rings is 1. The molecule has 0 aromatic carbocycles. The van der Waals surface area contributed by atoms with Crippen molar-refractivity contribution in [3.8, 4) is 0 Å². The van der Waals surface area contributed by atoms with E-state index < -0.39 is 0 Å². The molecule has 0 unspecified atom stereocenters. The Hall–Kier alpha value is -2.48. The van der Waals surface area contributed by atoms with E-state index in [1.54, 1.807) is 23.7 Å². The Morgan fingerprint density at radius 3 is 2.73 bits per heavy atom. The van der Waals surface area contributed by atoms with E-state index in [1.807, 2.05) is 13.0 Å². The Labute approximate surface area is 157 Å². The van der Waals surface area contributed by atoms with Crippen molar-refractivity contribution in [3.63, 3.8) is 0 Å². The van der Waals surface area contributed by atoms with Crippen LogP contribution in [0, 0.1) is 0 Å². The van der Waals surface area contributed by atoms with E-state index in [2.05, 4.69) is 42.9 Å². The van der Waals surface area contributed by atoms with Crippen molar-refractivity contribution in [3.05, 3.63) is 41.7 Å². The highest BCUT2D eigenvalue weighted by atomic mass is 32.1. The summed E-state index contributed by atoms with van der Waals surface area (Å²) in [7, 11) is 0. The average molecular weight is 375 g/mol. The van der Waals surface area contributed by atoms with Crippen molar-refractivity contribution in [1.82, 2.24) is 15.5 Å². The Bertz CT molecular complexity index is 691. The first-order chi connectivity index (χ1) is 12.8. The third-order valence-corrected chi connectivity index (χ3v) is 5.07. The number of carbonyl (C=O) groups excluding carboxylic acids is 1. The van der Waals surface area contributed by atoms with Crippen molar-refractivity contribution >= 4 is 28.2 Å². The number of piperazine rings is 1. The fourth-order valence-electron chi connectivity index (χ4n) is 2.82. The maximum atomic E-state index is 12.0. The zero-order valence-electron chi connectivity index (χ0n) is 15.0. The average Bonchev–Trinajstić information content (AvgIpc) is 3.37. The molecule has 1 fully saturated rings. The molecule has 8 heteroatoms. The first-order valence-electron chi connectivity index (χ1n) is 8.87. The SMILES string of the molecule is CCNC(=NCC(=O)NCc1ccco1)N1CCN(c2cccs2)CC1. The Balaban J connectivity index is 1.49. The molecular weight excluding hydrogens is 350 g/mol. The second-order valence-electron chi connectivity index (χ2n) is 5.95. The molecular formula is C18H25N5O2S. The molecule has 1 amide bonds. The number of hydrogen-bond donors (Lipinski definition) is 2. The zero-order valence-corrected chi connectivity index (χ0v) is 15.8. The van der Waals surface area contributed by atoms with Gasteiger partial charge >= 0.3 is 0 Å². The number of hydrogen-bond acceptors (Lipinski definition) is 5. The van der Waals surface area contributed by atoms with Gasteiger partial charge in [-0.2, -0.15) is 0 Å². The number of guanidine groups is 1. The van der Waals surface area contributed by atoms with E-state index in [0.29, 0.717) is 6.54 Å². The smallest absolute Gasteiger partial charge is 0.242 e. The lowest BCUT2D eigenvalue weighted by molar-refractivity contribution is -0.119. The summed E-state index contributed by atoms with van der Waals surface area (Å²) >= 11 is 1.77. The third kappa shape index (κ3) is 5.01. The monoisotopic (exact) mass is 375 g/mol. The lowest BCUT2D eigenvalue weighted by atomic mass is 10.3. The van der Waals surface area contributed by atoms with Crippen LogP contribution in [0.15, 0.2) is 45.3 Å². The van der Waals surface area contributed by atoms with Crippen LogP contribution < -0.4 is 15.5 Å². The predicted octanol–water partition coefficient (Wildman–Crippen LogP) is 1.74. The highest BCUT2D eigenvalue weighted by molar-refractivity contribution is 7.14. The van der Waals surface area contributed by atoms with Gasteiger partial charge in [-0.3, -0.25) is 4.79 Å². The van der Waals surface area contributed by atoms with Gasteiger partial charge in [0.1, 0.15) is 12.3 Å². The molecule has 0 radical (unpaired) electrons. The number of nitrogens with one attached hydrogen (secondary N) is 2. The van der Waals surface area contributed by atoms with E-state index in [-0.39, 0.29) is 12.5 Å². The van der Waals surface area contributed by atoms with Crippen molar-refractivity contribution in [2.75, 3.05) is 44.2 Å². The lowest BCUT2D eigenvalue weighted by Crippen LogP contribution is -2.52. The van der Waals surface area contributed by atoms with Crippen LogP contribution in [0.5, 0.6) is 0 Å². The summed E-state index contributed by atoms with van der Waals surface area (Å²) in [5, 5.41) is 9.52. The molecule has 3 rings (SSSR count). The summed E-state index contributed by atoms with van der Waals surface area (Å²) < 4.78 is 5.21. The van der Waals surface area contributed by atoms with E-state index in [4.69, 9.17) is 4.42 Å². The fraction of sp³-hybridized carbons (Fsp3) is 0.444. The zero-order chi connectivity index (χ0) is 18.2. The highest BCUT2D eigenvalue weighted by Gasteiger charge is 2.20. The summed E-state index contributed by atoms with van der Waals surface area (Å²) in [6.45, 7) is 6.98. The van der Waals surface area contributed by atoms with Crippen LogP contribution in [0.2, 0.25) is 0 Å². The van der Waals surface area contributed by atoms with Crippen LogP contribution in [-0.4, -0.2) is 56.0 Å². The second-order valence-corrected chi connectivity index (χ2v) is 6.88. The predicted molar refractivity (Wildman–Crippen MR) is 105 cm³/mol. The molecule has 0 spiro atoms. The van der Waals surface area contributed by atoms with E-state index in [9.17, 15) is 4.79 Å². The molecule has 1 aliphatic rings. The summed E-state index contributed by atoms with van der Waals surface area (Å²) in [6.07, 6.45) is 1.60. The third-order valence-electron chi connectivity index (χ3n) is 4.14. The first-order valence-corrected chi connectivity index (χ1v) is 9.75. The number of amides is 1. The largest absolute Gasteiger partial charge is 0.467 e. The van der Waals surface area contributed by atoms with Gasteiger partial charge < -0.3 is 24.9 Å². The maximum absolute atomic E-state index is 12.0. The number of rotatable bonds is 6. The number of anilines is 1. The van der Waals surface area contributed by atoms with Crippen molar-refractivity contribution in [2.45, 2.75) is 13.5 Å². The van der Waals surface area contributed by atoms with Crippen molar-refractivity contribution < 1.29 is 9.21 Å². The van der Waals surface area contributed by atoms with E-state index >= 15 is 0 Å². The summed E-state index contributed by atoms with van der Waals surface area (Å²) in [6, 6.07) is 7.88. The Kier molecular flexibility index (Phi) is 6.54. The standard InChI is InChI=1S/C18H25N5O2S/c1-2-19-18(21-14-16(24)20-13-15-5-3-11-25-15)23-9-7-22(8-10-23)17-6-4-12-26-17/h3-6,11-12H,2,7-10,13-14H2,1H3,(H,19,21)(H,20,24). The van der Waals surface area contributed by atoms with Gasteiger partial charge in [-0.05, 0) is 36.6 Å². The molecule has 2 N–H and O–H groups in total. The molecule has 2 aromatic rings. The van der Waals surface area contributed by atoms with Gasteiger partial charge in [0.15, 0.2) is 5.96 Å². The molecule has 1 aliphatic heterocycles. The van der Waals surface area contributed by atoms with Crippen LogP contribution in [0.4, 0.5) is 5.00 Å². The number of furan rings is 1. The van der Waals surface area contributed by atoms with E-state index in [1.165, 1.54) is 5.00 Å². The molecule has 0 saturated carbocycles. The Morgan fingerprint density at radius 2 is 2.08 bits per heavy atom. The fourth-order valence-corrected chi connectivity index (χ4v) is 3.60. The topological polar surface area (TPSA) is 73.1 Å². The molecule has 2 aromatic heterocycles. The minimum absolute atomic E-state index is 0.105. The number of carbonyl (C=O) groups is 1. The van der Waals surface area contributed by atoms with Gasteiger partial charge in [0.25, 0.3) is 0 Å². The van der Waals surface area contributed by atoms with Gasteiger partial charge in [-0.15, -0.1) is 11.3 Å². The van der Waals surface area contributed by atoms with Crippen LogP contribution >= 0.6 is 11.3 Å². The van der Waals surface area contributed by atoms with Crippen LogP contribution in [0.25, 0.3) is 0 Å². The Morgan fingerprint density at radius 1 is 1.23 bits per heavy atom. The summed E-state index contributed by atoms with van der Waals surface area (Å²) in [5.41, 5.74) is 0. The van der Waals surface area contributed by atoms with Gasteiger partial charge in [0.05, 0.1) is 17.8 Å².